The molecule has 0 saturated carbocycles. The number of hydrogen-bond acceptors (Lipinski definition) is 3. The number of hydrogen-bond donors (Lipinski definition) is 0. The summed E-state index contributed by atoms with van der Waals surface area (Å²) in [5.41, 5.74) is 3.76. The lowest BCUT2D eigenvalue weighted by Crippen LogP contribution is -2.29. The Hall–Kier alpha value is -3.14. The van der Waals surface area contributed by atoms with E-state index in [1.807, 2.05) is 30.3 Å². The fourth-order valence-corrected chi connectivity index (χ4v) is 4.70. The third-order valence-electron chi connectivity index (χ3n) is 5.95. The van der Waals surface area contributed by atoms with Gasteiger partial charge in [-0.1, -0.05) is 30.3 Å². The minimum atomic E-state index is 0.0209. The van der Waals surface area contributed by atoms with Crippen molar-refractivity contribution in [2.75, 3.05) is 18.0 Å². The molecule has 132 valence electrons. The summed E-state index contributed by atoms with van der Waals surface area (Å²) in [5, 5.41) is 4.04. The zero-order valence-electron chi connectivity index (χ0n) is 15.0. The van der Waals surface area contributed by atoms with E-state index in [1.165, 1.54) is 30.3 Å². The van der Waals surface area contributed by atoms with Gasteiger partial charge in [0.25, 0.3) is 5.56 Å². The molecule has 27 heavy (non-hydrogen) atoms. The van der Waals surface area contributed by atoms with Crippen LogP contribution in [0.25, 0.3) is 38.2 Å². The lowest BCUT2D eigenvalue weighted by atomic mass is 9.99. The van der Waals surface area contributed by atoms with Crippen LogP contribution in [0.15, 0.2) is 59.4 Å². The third-order valence-corrected chi connectivity index (χ3v) is 5.95. The Morgan fingerprint density at radius 1 is 0.778 bits per heavy atom. The molecule has 3 heterocycles. The van der Waals surface area contributed by atoms with E-state index in [-0.39, 0.29) is 5.56 Å². The molecule has 0 N–H and O–H groups in total. The van der Waals surface area contributed by atoms with Crippen LogP contribution in [-0.2, 0) is 0 Å². The van der Waals surface area contributed by atoms with Gasteiger partial charge in [0, 0.05) is 40.3 Å². The van der Waals surface area contributed by atoms with Crippen molar-refractivity contribution in [2.24, 2.45) is 0 Å². The molecule has 4 nitrogen and oxygen atoms in total. The standard InChI is InChI=1S/C23H19N3O/c27-23-17-11-12-19(25-13-4-1-5-14-25)15-7-6-8-16(21(15)17)22-24-18-9-2-3-10-20(18)26(22)23/h2-3,6-12H,1,4-5,13-14H2. The van der Waals surface area contributed by atoms with Crippen molar-refractivity contribution in [2.45, 2.75) is 19.3 Å². The van der Waals surface area contributed by atoms with Crippen LogP contribution >= 0.6 is 0 Å². The van der Waals surface area contributed by atoms with E-state index in [2.05, 4.69) is 29.2 Å². The first-order valence-electron chi connectivity index (χ1n) is 9.66. The van der Waals surface area contributed by atoms with Crippen LogP contribution in [0.3, 0.4) is 0 Å². The first-order chi connectivity index (χ1) is 13.3. The normalized spacial score (nSPS) is 15.5. The molecule has 2 aromatic heterocycles. The van der Waals surface area contributed by atoms with E-state index < -0.39 is 0 Å². The SMILES string of the molecule is O=c1c2ccc(N3CCCCC3)c3cccc(c32)c2nc3ccccc3n12. The lowest BCUT2D eigenvalue weighted by Gasteiger charge is -2.30. The summed E-state index contributed by atoms with van der Waals surface area (Å²) < 4.78 is 1.77. The van der Waals surface area contributed by atoms with Crippen LogP contribution in [0.2, 0.25) is 0 Å². The molecule has 5 aromatic rings. The molecular weight excluding hydrogens is 334 g/mol. The van der Waals surface area contributed by atoms with Crippen LogP contribution in [0.1, 0.15) is 19.3 Å². The summed E-state index contributed by atoms with van der Waals surface area (Å²) >= 11 is 0. The van der Waals surface area contributed by atoms with Gasteiger partial charge in [0.15, 0.2) is 0 Å². The number of rotatable bonds is 1. The third kappa shape index (κ3) is 1.98. The maximum absolute atomic E-state index is 13.4. The minimum Gasteiger partial charge on any atom is -0.371 e. The maximum atomic E-state index is 13.4. The zero-order valence-corrected chi connectivity index (χ0v) is 15.0. The van der Waals surface area contributed by atoms with Gasteiger partial charge in [-0.05, 0) is 43.5 Å². The van der Waals surface area contributed by atoms with Crippen molar-refractivity contribution in [3.63, 3.8) is 0 Å². The first-order valence-corrected chi connectivity index (χ1v) is 9.66. The van der Waals surface area contributed by atoms with Gasteiger partial charge in [-0.25, -0.2) is 4.98 Å². The van der Waals surface area contributed by atoms with E-state index in [1.54, 1.807) is 4.40 Å². The average molecular weight is 353 g/mol. The van der Waals surface area contributed by atoms with Crippen molar-refractivity contribution in [1.29, 1.82) is 0 Å². The van der Waals surface area contributed by atoms with E-state index in [0.717, 1.165) is 45.9 Å². The Kier molecular flexibility index (Phi) is 3.01. The Labute approximate surface area is 156 Å². The predicted molar refractivity (Wildman–Crippen MR) is 111 cm³/mol. The highest BCUT2D eigenvalue weighted by Crippen LogP contribution is 2.36. The molecule has 0 aliphatic carbocycles. The van der Waals surface area contributed by atoms with Gasteiger partial charge >= 0.3 is 0 Å². The summed E-state index contributed by atoms with van der Waals surface area (Å²) in [6.07, 6.45) is 3.77. The molecule has 0 radical (unpaired) electrons. The van der Waals surface area contributed by atoms with Gasteiger partial charge in [0.2, 0.25) is 0 Å². The van der Waals surface area contributed by atoms with Crippen molar-refractivity contribution in [3.8, 4) is 0 Å². The van der Waals surface area contributed by atoms with Crippen molar-refractivity contribution >= 4 is 43.9 Å². The van der Waals surface area contributed by atoms with Crippen LogP contribution < -0.4 is 10.5 Å². The molecule has 0 bridgehead atoms. The second-order valence-corrected chi connectivity index (χ2v) is 7.47. The number of fused-ring (bicyclic) bond motifs is 4. The molecule has 1 saturated heterocycles. The molecule has 3 aromatic carbocycles. The van der Waals surface area contributed by atoms with E-state index >= 15 is 0 Å². The molecule has 6 rings (SSSR count). The largest absolute Gasteiger partial charge is 0.371 e. The van der Waals surface area contributed by atoms with Gasteiger partial charge in [-0.2, -0.15) is 0 Å². The Morgan fingerprint density at radius 3 is 2.48 bits per heavy atom. The predicted octanol–water partition coefficient (Wildman–Crippen LogP) is 4.58. The molecule has 0 atom stereocenters. The van der Waals surface area contributed by atoms with E-state index in [0.29, 0.717) is 0 Å². The number of benzene rings is 3. The Bertz CT molecular complexity index is 1380. The first kappa shape index (κ1) is 15.0. The highest BCUT2D eigenvalue weighted by atomic mass is 16.1. The van der Waals surface area contributed by atoms with Gasteiger partial charge < -0.3 is 4.90 Å². The average Bonchev–Trinajstić information content (AvgIpc) is 3.12. The van der Waals surface area contributed by atoms with Crippen molar-refractivity contribution < 1.29 is 0 Å². The second kappa shape index (κ2) is 5.43. The summed E-state index contributed by atoms with van der Waals surface area (Å²) in [6.45, 7) is 2.18. The van der Waals surface area contributed by atoms with Gasteiger partial charge in [-0.3, -0.25) is 9.20 Å². The molecular formula is C23H19N3O. The number of anilines is 1. The fraction of sp³-hybridized carbons (Fsp3) is 0.217. The molecule has 1 aliphatic heterocycles. The molecule has 1 fully saturated rings. The zero-order chi connectivity index (χ0) is 18.0. The summed E-state index contributed by atoms with van der Waals surface area (Å²) in [7, 11) is 0. The summed E-state index contributed by atoms with van der Waals surface area (Å²) in [5.74, 6) is 0. The van der Waals surface area contributed by atoms with Gasteiger partial charge in [0.05, 0.1) is 11.0 Å². The van der Waals surface area contributed by atoms with Crippen molar-refractivity contribution in [1.82, 2.24) is 9.38 Å². The number of para-hydroxylation sites is 2. The van der Waals surface area contributed by atoms with Crippen LogP contribution in [0.4, 0.5) is 5.69 Å². The van der Waals surface area contributed by atoms with Gasteiger partial charge in [0.1, 0.15) is 5.65 Å². The number of pyridine rings is 1. The minimum absolute atomic E-state index is 0.0209. The number of piperidine rings is 1. The molecule has 0 amide bonds. The number of nitrogens with zero attached hydrogens (tertiary/aromatic N) is 3. The lowest BCUT2D eigenvalue weighted by molar-refractivity contribution is 0.579. The van der Waals surface area contributed by atoms with Crippen LogP contribution in [0, 0.1) is 0 Å². The van der Waals surface area contributed by atoms with Crippen molar-refractivity contribution in [3.05, 3.63) is 65.0 Å². The van der Waals surface area contributed by atoms with Crippen LogP contribution in [-0.4, -0.2) is 22.5 Å². The quantitative estimate of drug-likeness (QED) is 0.443. The summed E-state index contributed by atoms with van der Waals surface area (Å²) in [6, 6.07) is 18.3. The monoisotopic (exact) mass is 353 g/mol. The molecule has 4 heteroatoms. The fourth-order valence-electron chi connectivity index (χ4n) is 4.70. The van der Waals surface area contributed by atoms with E-state index in [9.17, 15) is 4.79 Å². The van der Waals surface area contributed by atoms with E-state index in [4.69, 9.17) is 4.98 Å². The smallest absolute Gasteiger partial charge is 0.264 e. The summed E-state index contributed by atoms with van der Waals surface area (Å²) in [4.78, 5) is 20.6. The Morgan fingerprint density at radius 2 is 1.59 bits per heavy atom. The molecule has 0 spiro atoms. The maximum Gasteiger partial charge on any atom is 0.264 e. The van der Waals surface area contributed by atoms with Gasteiger partial charge in [-0.15, -0.1) is 0 Å². The highest BCUT2D eigenvalue weighted by molar-refractivity contribution is 6.18. The molecule has 0 unspecified atom stereocenters. The number of imidazole rings is 1. The Balaban J connectivity index is 1.79. The molecule has 1 aliphatic rings. The highest BCUT2D eigenvalue weighted by Gasteiger charge is 2.19. The second-order valence-electron chi connectivity index (χ2n) is 7.47. The topological polar surface area (TPSA) is 37.6 Å². The number of aromatic nitrogens is 2. The van der Waals surface area contributed by atoms with Crippen LogP contribution in [0.5, 0.6) is 0 Å².